The van der Waals surface area contributed by atoms with Crippen LogP contribution in [0, 0.1) is 11.8 Å². The first-order chi connectivity index (χ1) is 8.47. The predicted molar refractivity (Wildman–Crippen MR) is 65.1 cm³/mol. The van der Waals surface area contributed by atoms with Crippen LogP contribution in [0.2, 0.25) is 0 Å². The van der Waals surface area contributed by atoms with E-state index in [1.165, 1.54) is 0 Å². The van der Waals surface area contributed by atoms with Crippen LogP contribution in [0.15, 0.2) is 0 Å². The van der Waals surface area contributed by atoms with Gasteiger partial charge in [-0.25, -0.2) is 0 Å². The van der Waals surface area contributed by atoms with Gasteiger partial charge in [-0.3, -0.25) is 9.59 Å². The maximum atomic E-state index is 12.2. The quantitative estimate of drug-likeness (QED) is 0.817. The fourth-order valence-corrected chi connectivity index (χ4v) is 2.90. The molecule has 18 heavy (non-hydrogen) atoms. The topological polar surface area (TPSA) is 66.8 Å². The van der Waals surface area contributed by atoms with Gasteiger partial charge < -0.3 is 14.7 Å². The highest BCUT2D eigenvalue weighted by atomic mass is 16.5. The molecule has 1 amide bonds. The zero-order valence-electron chi connectivity index (χ0n) is 11.0. The van der Waals surface area contributed by atoms with Crippen LogP contribution < -0.4 is 0 Å². The predicted octanol–water partition coefficient (Wildman–Crippen LogP) is 1.12. The average molecular weight is 255 g/mol. The first-order valence-corrected chi connectivity index (χ1v) is 6.53. The largest absolute Gasteiger partial charge is 0.481 e. The number of ether oxygens (including phenoxy) is 1. The molecule has 1 N–H and O–H groups in total. The Labute approximate surface area is 107 Å². The molecule has 1 aliphatic carbocycles. The fraction of sp³-hybridized carbons (Fsp3) is 0.846. The normalized spacial score (nSPS) is 30.0. The van der Waals surface area contributed by atoms with Crippen LogP contribution in [-0.4, -0.2) is 47.7 Å². The Morgan fingerprint density at radius 2 is 2.06 bits per heavy atom. The molecule has 0 radical (unpaired) electrons. The summed E-state index contributed by atoms with van der Waals surface area (Å²) in [6.45, 7) is 2.78. The van der Waals surface area contributed by atoms with Crippen LogP contribution in [-0.2, 0) is 14.3 Å². The van der Waals surface area contributed by atoms with E-state index >= 15 is 0 Å². The number of rotatable bonds is 4. The molecule has 0 bridgehead atoms. The van der Waals surface area contributed by atoms with Gasteiger partial charge in [-0.15, -0.1) is 0 Å². The zero-order chi connectivity index (χ0) is 13.3. The van der Waals surface area contributed by atoms with Gasteiger partial charge in [-0.2, -0.15) is 0 Å². The van der Waals surface area contributed by atoms with Gasteiger partial charge >= 0.3 is 5.97 Å². The molecule has 2 fully saturated rings. The molecule has 5 nitrogen and oxygen atoms in total. The lowest BCUT2D eigenvalue weighted by molar-refractivity contribution is -0.144. The first kappa shape index (κ1) is 13.3. The molecule has 0 spiro atoms. The van der Waals surface area contributed by atoms with Gasteiger partial charge in [0.1, 0.15) is 0 Å². The summed E-state index contributed by atoms with van der Waals surface area (Å²) in [6, 6.07) is 0. The van der Waals surface area contributed by atoms with Crippen molar-refractivity contribution >= 4 is 11.9 Å². The Kier molecular flexibility index (Phi) is 3.61. The molecule has 2 aliphatic rings. The highest BCUT2D eigenvalue weighted by molar-refractivity contribution is 5.80. The van der Waals surface area contributed by atoms with Crippen LogP contribution in [0.5, 0.6) is 0 Å². The van der Waals surface area contributed by atoms with Gasteiger partial charge in [-0.05, 0) is 25.2 Å². The molecular formula is C13H21NO4. The van der Waals surface area contributed by atoms with Gasteiger partial charge in [0.25, 0.3) is 0 Å². The number of carbonyl (C=O) groups is 2. The van der Waals surface area contributed by atoms with E-state index < -0.39 is 11.9 Å². The number of aliphatic carboxylic acids is 1. The summed E-state index contributed by atoms with van der Waals surface area (Å²) in [5, 5.41) is 9.06. The number of nitrogens with zero attached hydrogens (tertiary/aromatic N) is 1. The van der Waals surface area contributed by atoms with Gasteiger partial charge in [0.2, 0.25) is 5.91 Å². The Bertz CT molecular complexity index is 345. The van der Waals surface area contributed by atoms with E-state index in [1.807, 2.05) is 6.92 Å². The van der Waals surface area contributed by atoms with E-state index in [-0.39, 0.29) is 17.4 Å². The van der Waals surface area contributed by atoms with Crippen LogP contribution in [0.3, 0.4) is 0 Å². The lowest BCUT2D eigenvalue weighted by Gasteiger charge is -2.40. The Hall–Kier alpha value is -1.10. The zero-order valence-corrected chi connectivity index (χ0v) is 11.0. The molecule has 0 aromatic heterocycles. The molecule has 0 aromatic rings. The highest BCUT2D eigenvalue weighted by Gasteiger charge is 2.43. The molecular weight excluding hydrogens is 234 g/mol. The summed E-state index contributed by atoms with van der Waals surface area (Å²) >= 11 is 0. The minimum atomic E-state index is -0.803. The molecule has 102 valence electrons. The summed E-state index contributed by atoms with van der Waals surface area (Å²) in [5.74, 6) is -1.16. The standard InChI is InChI=1S/C13H21NO4/c1-9-7-14(8-10(9)12(16)17)11(15)6-13(18-2)4-3-5-13/h9-10H,3-8H2,1-2H3,(H,16,17). The molecule has 1 saturated carbocycles. The van der Waals surface area contributed by atoms with Gasteiger partial charge in [0.15, 0.2) is 0 Å². The van der Waals surface area contributed by atoms with Gasteiger partial charge in [0, 0.05) is 20.2 Å². The van der Waals surface area contributed by atoms with Crippen LogP contribution >= 0.6 is 0 Å². The monoisotopic (exact) mass is 255 g/mol. The third-order valence-corrected chi connectivity index (χ3v) is 4.45. The third-order valence-electron chi connectivity index (χ3n) is 4.45. The summed E-state index contributed by atoms with van der Waals surface area (Å²) in [5.41, 5.74) is -0.276. The SMILES string of the molecule is COC1(CC(=O)N2CC(C)C(C(=O)O)C2)CCC1. The van der Waals surface area contributed by atoms with Crippen LogP contribution in [0.4, 0.5) is 0 Å². The molecule has 2 rings (SSSR count). The molecule has 2 unspecified atom stereocenters. The summed E-state index contributed by atoms with van der Waals surface area (Å²) in [7, 11) is 1.65. The number of hydrogen-bond acceptors (Lipinski definition) is 3. The van der Waals surface area contributed by atoms with Crippen molar-refractivity contribution in [3.63, 3.8) is 0 Å². The lowest BCUT2D eigenvalue weighted by Crippen LogP contribution is -2.44. The maximum Gasteiger partial charge on any atom is 0.308 e. The molecule has 2 atom stereocenters. The maximum absolute atomic E-state index is 12.2. The number of hydrogen-bond donors (Lipinski definition) is 1. The van der Waals surface area contributed by atoms with E-state index in [4.69, 9.17) is 9.84 Å². The van der Waals surface area contributed by atoms with Crippen molar-refractivity contribution in [2.75, 3.05) is 20.2 Å². The van der Waals surface area contributed by atoms with E-state index in [0.717, 1.165) is 19.3 Å². The van der Waals surface area contributed by atoms with E-state index in [2.05, 4.69) is 0 Å². The fourth-order valence-electron chi connectivity index (χ4n) is 2.90. The van der Waals surface area contributed by atoms with E-state index in [0.29, 0.717) is 19.5 Å². The number of methoxy groups -OCH3 is 1. The summed E-state index contributed by atoms with van der Waals surface area (Å²) in [4.78, 5) is 24.9. The number of carbonyl (C=O) groups excluding carboxylic acids is 1. The second-order valence-electron chi connectivity index (χ2n) is 5.64. The van der Waals surface area contributed by atoms with Crippen molar-refractivity contribution in [3.05, 3.63) is 0 Å². The first-order valence-electron chi connectivity index (χ1n) is 6.53. The van der Waals surface area contributed by atoms with E-state index in [1.54, 1.807) is 12.0 Å². The van der Waals surface area contributed by atoms with E-state index in [9.17, 15) is 9.59 Å². The highest BCUT2D eigenvalue weighted by Crippen LogP contribution is 2.39. The number of amides is 1. The Morgan fingerprint density at radius 1 is 1.39 bits per heavy atom. The number of carboxylic acids is 1. The smallest absolute Gasteiger partial charge is 0.308 e. The summed E-state index contributed by atoms with van der Waals surface area (Å²) < 4.78 is 5.44. The lowest BCUT2D eigenvalue weighted by atomic mass is 9.77. The molecule has 1 heterocycles. The minimum absolute atomic E-state index is 0.0336. The second kappa shape index (κ2) is 4.88. The van der Waals surface area contributed by atoms with Crippen molar-refractivity contribution in [2.45, 2.75) is 38.2 Å². The minimum Gasteiger partial charge on any atom is -0.481 e. The van der Waals surface area contributed by atoms with Crippen molar-refractivity contribution in [1.82, 2.24) is 4.90 Å². The average Bonchev–Trinajstić information content (AvgIpc) is 2.65. The van der Waals surface area contributed by atoms with Crippen molar-refractivity contribution in [1.29, 1.82) is 0 Å². The molecule has 0 aromatic carbocycles. The van der Waals surface area contributed by atoms with Crippen LogP contribution in [0.25, 0.3) is 0 Å². The summed E-state index contributed by atoms with van der Waals surface area (Å²) in [6.07, 6.45) is 3.36. The molecule has 5 heteroatoms. The van der Waals surface area contributed by atoms with Gasteiger partial charge in [0.05, 0.1) is 17.9 Å². The van der Waals surface area contributed by atoms with Crippen molar-refractivity contribution < 1.29 is 19.4 Å². The molecule has 1 saturated heterocycles. The van der Waals surface area contributed by atoms with Gasteiger partial charge in [-0.1, -0.05) is 6.92 Å². The number of carboxylic acid groups (broad SMARTS) is 1. The Balaban J connectivity index is 1.93. The molecule has 1 aliphatic heterocycles. The van der Waals surface area contributed by atoms with Crippen molar-refractivity contribution in [2.24, 2.45) is 11.8 Å². The second-order valence-corrected chi connectivity index (χ2v) is 5.64. The number of likely N-dealkylation sites (tertiary alicyclic amines) is 1. The third kappa shape index (κ3) is 2.36. The Morgan fingerprint density at radius 3 is 2.44 bits per heavy atom. The van der Waals surface area contributed by atoms with Crippen molar-refractivity contribution in [3.8, 4) is 0 Å². The van der Waals surface area contributed by atoms with Crippen LogP contribution in [0.1, 0.15) is 32.6 Å².